The SMILES string of the molecule is Cn1ccc(N2CCC(NC(=O)c3ccc(NC(=O)c4ccc(=O)[nH]c4)cc3)C2=O)n1. The summed E-state index contributed by atoms with van der Waals surface area (Å²) in [5.41, 5.74) is 0.867. The van der Waals surface area contributed by atoms with Crippen molar-refractivity contribution in [2.24, 2.45) is 7.05 Å². The van der Waals surface area contributed by atoms with Gasteiger partial charge in [-0.25, -0.2) is 0 Å². The van der Waals surface area contributed by atoms with Gasteiger partial charge in [-0.15, -0.1) is 0 Å². The molecule has 158 valence electrons. The van der Waals surface area contributed by atoms with E-state index in [0.29, 0.717) is 35.6 Å². The molecule has 3 amide bonds. The topological polar surface area (TPSA) is 129 Å². The number of hydrogen-bond acceptors (Lipinski definition) is 5. The van der Waals surface area contributed by atoms with Crippen LogP contribution < -0.4 is 21.1 Å². The predicted octanol–water partition coefficient (Wildman–Crippen LogP) is 0.896. The fraction of sp³-hybridized carbons (Fsp3) is 0.190. The van der Waals surface area contributed by atoms with Gasteiger partial charge in [0.25, 0.3) is 17.7 Å². The van der Waals surface area contributed by atoms with Gasteiger partial charge in [-0.2, -0.15) is 5.10 Å². The third-order valence-corrected chi connectivity index (χ3v) is 4.94. The first-order chi connectivity index (χ1) is 14.9. The molecule has 0 aliphatic carbocycles. The zero-order valence-corrected chi connectivity index (χ0v) is 16.7. The second-order valence-electron chi connectivity index (χ2n) is 7.13. The standard InChI is InChI=1S/C21H20N6O4/c1-26-10-9-17(25-26)27-11-8-16(21(27)31)24-19(29)13-2-5-15(6-3-13)23-20(30)14-4-7-18(28)22-12-14/h2-7,9-10,12,16H,8,11H2,1H3,(H,22,28)(H,23,30)(H,24,29). The third kappa shape index (κ3) is 4.37. The molecule has 4 rings (SSSR count). The van der Waals surface area contributed by atoms with Crippen molar-refractivity contribution < 1.29 is 14.4 Å². The van der Waals surface area contributed by atoms with Crippen LogP contribution in [0, 0.1) is 0 Å². The zero-order valence-electron chi connectivity index (χ0n) is 16.7. The maximum atomic E-state index is 12.6. The maximum Gasteiger partial charge on any atom is 0.257 e. The molecular weight excluding hydrogens is 400 g/mol. The number of aromatic nitrogens is 3. The molecule has 0 saturated carbocycles. The van der Waals surface area contributed by atoms with Crippen LogP contribution in [0.3, 0.4) is 0 Å². The molecule has 31 heavy (non-hydrogen) atoms. The Kier molecular flexibility index (Phi) is 5.35. The Morgan fingerprint density at radius 3 is 2.42 bits per heavy atom. The van der Waals surface area contributed by atoms with Gasteiger partial charge in [0, 0.05) is 49.4 Å². The summed E-state index contributed by atoms with van der Waals surface area (Å²) < 4.78 is 1.62. The molecule has 10 nitrogen and oxygen atoms in total. The van der Waals surface area contributed by atoms with Gasteiger partial charge in [-0.3, -0.25) is 28.8 Å². The zero-order chi connectivity index (χ0) is 22.0. The lowest BCUT2D eigenvalue weighted by atomic mass is 10.1. The van der Waals surface area contributed by atoms with E-state index in [1.165, 1.54) is 18.3 Å². The molecule has 1 aliphatic heterocycles. The second kappa shape index (κ2) is 8.27. The summed E-state index contributed by atoms with van der Waals surface area (Å²) in [5, 5.41) is 9.68. The number of pyridine rings is 1. The Labute approximate surface area is 176 Å². The summed E-state index contributed by atoms with van der Waals surface area (Å²) in [6.45, 7) is 0.483. The highest BCUT2D eigenvalue weighted by Crippen LogP contribution is 2.20. The number of aromatic amines is 1. The molecule has 1 aromatic carbocycles. The molecule has 0 bridgehead atoms. The van der Waals surface area contributed by atoms with Crippen LogP contribution in [0.4, 0.5) is 11.5 Å². The van der Waals surface area contributed by atoms with E-state index in [1.54, 1.807) is 53.2 Å². The fourth-order valence-corrected chi connectivity index (χ4v) is 3.29. The van der Waals surface area contributed by atoms with E-state index in [4.69, 9.17) is 0 Å². The minimum atomic E-state index is -0.617. The first kappa shape index (κ1) is 20.1. The van der Waals surface area contributed by atoms with Gasteiger partial charge in [-0.1, -0.05) is 0 Å². The highest BCUT2D eigenvalue weighted by atomic mass is 16.2. The van der Waals surface area contributed by atoms with Gasteiger partial charge in [0.15, 0.2) is 5.82 Å². The summed E-state index contributed by atoms with van der Waals surface area (Å²) in [4.78, 5) is 52.4. The number of nitrogens with one attached hydrogen (secondary N) is 3. The van der Waals surface area contributed by atoms with E-state index in [9.17, 15) is 19.2 Å². The monoisotopic (exact) mass is 420 g/mol. The van der Waals surface area contributed by atoms with Crippen molar-refractivity contribution in [3.8, 4) is 0 Å². The van der Waals surface area contributed by atoms with Crippen LogP contribution in [0.1, 0.15) is 27.1 Å². The van der Waals surface area contributed by atoms with Crippen molar-refractivity contribution in [2.75, 3.05) is 16.8 Å². The van der Waals surface area contributed by atoms with Crippen molar-refractivity contribution in [1.82, 2.24) is 20.1 Å². The molecule has 2 aromatic heterocycles. The van der Waals surface area contributed by atoms with Gasteiger partial charge in [0.1, 0.15) is 6.04 Å². The highest BCUT2D eigenvalue weighted by Gasteiger charge is 2.34. The van der Waals surface area contributed by atoms with Crippen molar-refractivity contribution >= 4 is 29.2 Å². The number of hydrogen-bond donors (Lipinski definition) is 3. The van der Waals surface area contributed by atoms with E-state index in [1.807, 2.05) is 0 Å². The number of benzene rings is 1. The molecule has 1 atom stereocenters. The van der Waals surface area contributed by atoms with Crippen LogP contribution in [0.2, 0.25) is 0 Å². The van der Waals surface area contributed by atoms with Crippen LogP contribution in [-0.2, 0) is 11.8 Å². The van der Waals surface area contributed by atoms with Crippen molar-refractivity contribution in [3.63, 3.8) is 0 Å². The second-order valence-corrected chi connectivity index (χ2v) is 7.13. The van der Waals surface area contributed by atoms with Crippen molar-refractivity contribution in [2.45, 2.75) is 12.5 Å². The average Bonchev–Trinajstić information content (AvgIpc) is 3.34. The van der Waals surface area contributed by atoms with Gasteiger partial charge in [0.2, 0.25) is 5.56 Å². The average molecular weight is 420 g/mol. The van der Waals surface area contributed by atoms with Crippen LogP contribution in [0.5, 0.6) is 0 Å². The molecule has 3 N–H and O–H groups in total. The van der Waals surface area contributed by atoms with Crippen molar-refractivity contribution in [3.05, 3.63) is 76.3 Å². The van der Waals surface area contributed by atoms with E-state index in [0.717, 1.165) is 0 Å². The maximum absolute atomic E-state index is 12.6. The third-order valence-electron chi connectivity index (χ3n) is 4.94. The number of nitrogens with zero attached hydrogens (tertiary/aromatic N) is 3. The molecule has 3 aromatic rings. The summed E-state index contributed by atoms with van der Waals surface area (Å²) >= 11 is 0. The molecule has 0 spiro atoms. The molecular formula is C21H20N6O4. The van der Waals surface area contributed by atoms with E-state index in [-0.39, 0.29) is 23.3 Å². The lowest BCUT2D eigenvalue weighted by Crippen LogP contribution is -2.41. The first-order valence-corrected chi connectivity index (χ1v) is 9.63. The van der Waals surface area contributed by atoms with Crippen LogP contribution in [-0.4, -0.2) is 45.1 Å². The van der Waals surface area contributed by atoms with Crippen LogP contribution in [0.15, 0.2) is 59.7 Å². The van der Waals surface area contributed by atoms with Crippen LogP contribution in [0.25, 0.3) is 0 Å². The van der Waals surface area contributed by atoms with Gasteiger partial charge >= 0.3 is 0 Å². The number of aryl methyl sites for hydroxylation is 1. The van der Waals surface area contributed by atoms with E-state index < -0.39 is 6.04 Å². The largest absolute Gasteiger partial charge is 0.340 e. The molecule has 1 aliphatic rings. The molecule has 0 radical (unpaired) electrons. The molecule has 3 heterocycles. The number of carbonyl (C=O) groups is 3. The Morgan fingerprint density at radius 2 is 1.77 bits per heavy atom. The van der Waals surface area contributed by atoms with Gasteiger partial charge in [0.05, 0.1) is 5.56 Å². The molecule has 1 fully saturated rings. The molecule has 10 heteroatoms. The Bertz CT molecular complexity index is 1180. The smallest absolute Gasteiger partial charge is 0.257 e. The number of amides is 3. The summed E-state index contributed by atoms with van der Waals surface area (Å²) in [7, 11) is 1.77. The summed E-state index contributed by atoms with van der Waals surface area (Å²) in [5.74, 6) is -0.400. The lowest BCUT2D eigenvalue weighted by molar-refractivity contribution is -0.118. The highest BCUT2D eigenvalue weighted by molar-refractivity contribution is 6.05. The summed E-state index contributed by atoms with van der Waals surface area (Å²) in [6, 6.07) is 10.1. The van der Waals surface area contributed by atoms with Gasteiger partial charge in [-0.05, 0) is 36.8 Å². The van der Waals surface area contributed by atoms with E-state index in [2.05, 4.69) is 20.7 Å². The minimum absolute atomic E-state index is 0.197. The van der Waals surface area contributed by atoms with Crippen molar-refractivity contribution in [1.29, 1.82) is 0 Å². The number of rotatable bonds is 5. The normalized spacial score (nSPS) is 15.7. The Balaban J connectivity index is 1.36. The minimum Gasteiger partial charge on any atom is -0.340 e. The molecule has 1 saturated heterocycles. The van der Waals surface area contributed by atoms with Gasteiger partial charge < -0.3 is 15.6 Å². The molecule has 1 unspecified atom stereocenters. The quantitative estimate of drug-likeness (QED) is 0.565. The predicted molar refractivity (Wildman–Crippen MR) is 113 cm³/mol. The number of H-pyrrole nitrogens is 1. The summed E-state index contributed by atoms with van der Waals surface area (Å²) in [6.07, 6.45) is 3.58. The first-order valence-electron chi connectivity index (χ1n) is 9.63. The lowest BCUT2D eigenvalue weighted by Gasteiger charge is -2.14. The number of carbonyl (C=O) groups excluding carboxylic acids is 3. The Morgan fingerprint density at radius 1 is 1.03 bits per heavy atom. The fourth-order valence-electron chi connectivity index (χ4n) is 3.29. The van der Waals surface area contributed by atoms with Crippen LogP contribution >= 0.6 is 0 Å². The number of anilines is 2. The Hall–Kier alpha value is -4.21. The van der Waals surface area contributed by atoms with E-state index >= 15 is 0 Å².